The summed E-state index contributed by atoms with van der Waals surface area (Å²) in [5.41, 5.74) is 0.196. The van der Waals surface area contributed by atoms with Crippen LogP contribution in [0.15, 0.2) is 12.1 Å². The van der Waals surface area contributed by atoms with Crippen molar-refractivity contribution in [1.82, 2.24) is 4.98 Å². The van der Waals surface area contributed by atoms with Crippen LogP contribution in [0, 0.1) is 11.7 Å². The van der Waals surface area contributed by atoms with E-state index in [1.165, 1.54) is 18.4 Å². The molecule has 30 heavy (non-hydrogen) atoms. The van der Waals surface area contributed by atoms with Gasteiger partial charge in [-0.15, -0.1) is 11.3 Å². The van der Waals surface area contributed by atoms with Gasteiger partial charge in [0.2, 0.25) is 0 Å². The molecule has 1 atom stereocenters. The maximum atomic E-state index is 14.8. The first kappa shape index (κ1) is 23.3. The van der Waals surface area contributed by atoms with Gasteiger partial charge in [0.15, 0.2) is 16.6 Å². The van der Waals surface area contributed by atoms with E-state index in [9.17, 15) is 21.6 Å². The maximum Gasteiger partial charge on any atom is 0.296 e. The highest BCUT2D eigenvalue weighted by molar-refractivity contribution is 7.90. The summed E-state index contributed by atoms with van der Waals surface area (Å²) >= 11 is 0.642. The molecule has 0 spiro atoms. The van der Waals surface area contributed by atoms with E-state index in [1.54, 1.807) is 0 Å². The number of fused-ring (bicyclic) bond motifs is 1. The minimum atomic E-state index is -3.12. The Morgan fingerprint density at radius 2 is 1.87 bits per heavy atom. The molecule has 1 aliphatic rings. The van der Waals surface area contributed by atoms with Crippen molar-refractivity contribution in [1.29, 1.82) is 0 Å². The number of nitrogens with zero attached hydrogens (tertiary/aromatic N) is 1. The predicted molar refractivity (Wildman–Crippen MR) is 111 cm³/mol. The van der Waals surface area contributed by atoms with Crippen LogP contribution in [0.3, 0.4) is 0 Å². The molecular weight excluding hydrogens is 439 g/mol. The molecular formula is C20H26F3NO4S2. The molecule has 1 heterocycles. The van der Waals surface area contributed by atoms with Gasteiger partial charge >= 0.3 is 0 Å². The second-order valence-electron chi connectivity index (χ2n) is 8.18. The summed E-state index contributed by atoms with van der Waals surface area (Å²) in [6, 6.07) is 2.93. The molecule has 0 N–H and O–H groups in total. The van der Waals surface area contributed by atoms with Gasteiger partial charge < -0.3 is 9.47 Å². The third kappa shape index (κ3) is 6.07. The molecule has 0 bridgehead atoms. The Bertz CT molecular complexity index is 980. The molecule has 0 amide bonds. The quantitative estimate of drug-likeness (QED) is 0.553. The highest BCUT2D eigenvalue weighted by atomic mass is 32.2. The van der Waals surface area contributed by atoms with Crippen molar-refractivity contribution in [2.75, 3.05) is 18.6 Å². The summed E-state index contributed by atoms with van der Waals surface area (Å²) in [6.45, 7) is 2.96. The Morgan fingerprint density at radius 3 is 2.47 bits per heavy atom. The molecule has 5 nitrogen and oxygen atoms in total. The van der Waals surface area contributed by atoms with Crippen molar-refractivity contribution >= 4 is 31.4 Å². The number of rotatable bonds is 8. The van der Waals surface area contributed by atoms with Gasteiger partial charge in [0.1, 0.15) is 9.84 Å². The van der Waals surface area contributed by atoms with Crippen molar-refractivity contribution in [2.45, 2.75) is 57.7 Å². The minimum absolute atomic E-state index is 0.0232. The Labute approximate surface area is 178 Å². The summed E-state index contributed by atoms with van der Waals surface area (Å²) in [5.74, 6) is -3.71. The summed E-state index contributed by atoms with van der Waals surface area (Å²) < 4.78 is 76.1. The van der Waals surface area contributed by atoms with E-state index >= 15 is 0 Å². The number of thiazole rings is 1. The lowest BCUT2D eigenvalue weighted by Crippen LogP contribution is -2.30. The molecule has 168 valence electrons. The monoisotopic (exact) mass is 465 g/mol. The topological polar surface area (TPSA) is 65.5 Å². The van der Waals surface area contributed by atoms with Gasteiger partial charge in [-0.1, -0.05) is 6.92 Å². The van der Waals surface area contributed by atoms with Gasteiger partial charge in [0, 0.05) is 13.2 Å². The second kappa shape index (κ2) is 9.00. The fourth-order valence-corrected chi connectivity index (χ4v) is 5.64. The van der Waals surface area contributed by atoms with Crippen LogP contribution in [0.2, 0.25) is 0 Å². The van der Waals surface area contributed by atoms with Gasteiger partial charge in [-0.3, -0.25) is 0 Å². The molecule has 1 saturated carbocycles. The van der Waals surface area contributed by atoms with Crippen LogP contribution in [0.25, 0.3) is 10.2 Å². The molecule has 1 aromatic heterocycles. The number of hydrogen-bond donors (Lipinski definition) is 0. The third-order valence-corrected chi connectivity index (χ3v) is 7.37. The SMILES string of the molecule is C[C@@H](COC1CCC(Oc2ccc3nc(C(C)(F)F)sc3c2F)CC1)CS(C)(=O)=O. The standard InChI is InChI=1S/C20H26F3NO4S2/c1-12(11-30(3,25)26)10-27-13-4-6-14(7-5-13)28-16-9-8-15-18(17(16)21)29-19(24-15)20(2,22)23/h8-9,12-14H,4-7,10-11H2,1-3H3/t12-,13?,14?/m0/s1. The number of alkyl halides is 2. The lowest BCUT2D eigenvalue weighted by atomic mass is 9.95. The Kier molecular flexibility index (Phi) is 6.98. The first-order chi connectivity index (χ1) is 13.9. The molecule has 1 fully saturated rings. The lowest BCUT2D eigenvalue weighted by Gasteiger charge is -2.29. The fraction of sp³-hybridized carbons (Fsp3) is 0.650. The van der Waals surface area contributed by atoms with E-state index in [2.05, 4.69) is 4.98 Å². The molecule has 0 aliphatic heterocycles. The Hall–Kier alpha value is -1.39. The summed E-state index contributed by atoms with van der Waals surface area (Å²) in [6.07, 6.45) is 3.84. The zero-order valence-corrected chi connectivity index (χ0v) is 18.8. The highest BCUT2D eigenvalue weighted by Crippen LogP contribution is 2.38. The average Bonchev–Trinajstić information content (AvgIpc) is 3.08. The van der Waals surface area contributed by atoms with E-state index < -0.39 is 26.6 Å². The molecule has 2 aromatic rings. The van der Waals surface area contributed by atoms with Crippen molar-refractivity contribution < 1.29 is 31.1 Å². The van der Waals surface area contributed by atoms with Gasteiger partial charge in [-0.05, 0) is 43.7 Å². The van der Waals surface area contributed by atoms with Crippen LogP contribution in [0.1, 0.15) is 44.5 Å². The highest BCUT2D eigenvalue weighted by Gasteiger charge is 2.30. The summed E-state index contributed by atoms with van der Waals surface area (Å²) in [4.78, 5) is 3.82. The Balaban J connectivity index is 1.55. The van der Waals surface area contributed by atoms with E-state index in [4.69, 9.17) is 9.47 Å². The first-order valence-electron chi connectivity index (χ1n) is 9.85. The van der Waals surface area contributed by atoms with Crippen LogP contribution in [-0.4, -0.2) is 44.2 Å². The smallest absolute Gasteiger partial charge is 0.296 e. The van der Waals surface area contributed by atoms with Crippen LogP contribution in [-0.2, 0) is 20.5 Å². The van der Waals surface area contributed by atoms with Crippen LogP contribution >= 0.6 is 11.3 Å². The number of benzene rings is 1. The molecule has 0 unspecified atom stereocenters. The lowest BCUT2D eigenvalue weighted by molar-refractivity contribution is -0.00844. The summed E-state index contributed by atoms with van der Waals surface area (Å²) in [7, 11) is -3.03. The zero-order chi connectivity index (χ0) is 22.1. The predicted octanol–water partition coefficient (Wildman–Crippen LogP) is 4.93. The van der Waals surface area contributed by atoms with Gasteiger partial charge in [0.25, 0.3) is 5.92 Å². The van der Waals surface area contributed by atoms with Gasteiger partial charge in [-0.2, -0.15) is 8.78 Å². The first-order valence-corrected chi connectivity index (χ1v) is 12.7. The van der Waals surface area contributed by atoms with Gasteiger partial charge in [-0.25, -0.2) is 17.8 Å². The largest absolute Gasteiger partial charge is 0.487 e. The van der Waals surface area contributed by atoms with Crippen LogP contribution < -0.4 is 4.74 Å². The third-order valence-electron chi connectivity index (χ3n) is 4.96. The number of hydrogen-bond acceptors (Lipinski definition) is 6. The number of ether oxygens (including phenoxy) is 2. The molecule has 0 saturated heterocycles. The van der Waals surface area contributed by atoms with Gasteiger partial charge in [0.05, 0.1) is 34.8 Å². The van der Waals surface area contributed by atoms with Crippen LogP contribution in [0.4, 0.5) is 13.2 Å². The van der Waals surface area contributed by atoms with Crippen molar-refractivity contribution in [3.63, 3.8) is 0 Å². The fourth-order valence-electron chi connectivity index (χ4n) is 3.58. The zero-order valence-electron chi connectivity index (χ0n) is 17.2. The maximum absolute atomic E-state index is 14.8. The van der Waals surface area contributed by atoms with Crippen LogP contribution in [0.5, 0.6) is 5.75 Å². The van der Waals surface area contributed by atoms with E-state index in [0.29, 0.717) is 30.8 Å². The normalized spacial score (nSPS) is 21.7. The number of halogens is 3. The summed E-state index contributed by atoms with van der Waals surface area (Å²) in [5, 5.41) is -0.420. The number of sulfone groups is 1. The Morgan fingerprint density at radius 1 is 1.23 bits per heavy atom. The molecule has 10 heteroatoms. The van der Waals surface area contributed by atoms with E-state index in [0.717, 1.165) is 19.8 Å². The molecule has 1 aliphatic carbocycles. The van der Waals surface area contributed by atoms with Crippen molar-refractivity contribution in [2.24, 2.45) is 5.92 Å². The van der Waals surface area contributed by atoms with E-state index in [1.807, 2.05) is 6.92 Å². The minimum Gasteiger partial charge on any atom is -0.487 e. The molecule has 0 radical (unpaired) electrons. The van der Waals surface area contributed by atoms with Crippen molar-refractivity contribution in [3.05, 3.63) is 23.0 Å². The molecule has 1 aromatic carbocycles. The number of aromatic nitrogens is 1. The van der Waals surface area contributed by atoms with Crippen molar-refractivity contribution in [3.8, 4) is 5.75 Å². The average molecular weight is 466 g/mol. The molecule has 3 rings (SSSR count). The van der Waals surface area contributed by atoms with E-state index in [-0.39, 0.29) is 39.8 Å². The second-order valence-corrected chi connectivity index (χ2v) is 11.4.